The van der Waals surface area contributed by atoms with Crippen LogP contribution in [0.1, 0.15) is 0 Å². The van der Waals surface area contributed by atoms with Gasteiger partial charge in [0.15, 0.2) is 0 Å². The highest BCUT2D eigenvalue weighted by Crippen LogP contribution is 2.43. The highest BCUT2D eigenvalue weighted by molar-refractivity contribution is 7.14. The van der Waals surface area contributed by atoms with E-state index >= 15 is 0 Å². The number of aryl methyl sites for hydroxylation is 1. The van der Waals surface area contributed by atoms with Crippen LogP contribution in [-0.2, 0) is 7.05 Å². The van der Waals surface area contributed by atoms with Crippen molar-refractivity contribution in [1.29, 1.82) is 0 Å². The maximum absolute atomic E-state index is 2.32. The average molecular weight is 295 g/mol. The summed E-state index contributed by atoms with van der Waals surface area (Å²) in [7, 11) is 2.16. The molecule has 3 heteroatoms. The van der Waals surface area contributed by atoms with Crippen LogP contribution in [0.4, 0.5) is 0 Å². The number of para-hydroxylation sites is 1. The lowest BCUT2D eigenvalue weighted by atomic mass is 10.1. The van der Waals surface area contributed by atoms with Crippen molar-refractivity contribution in [2.75, 3.05) is 0 Å². The standard InChI is InChI=1S/C17H13NS2/c1-18-13-7-3-2-6-12(13)16(14-8-4-10-19-14)17(18)15-9-5-11-20-15/h2-11H,1H3. The fourth-order valence-electron chi connectivity index (χ4n) is 2.77. The number of hydrogen-bond acceptors (Lipinski definition) is 2. The number of aromatic nitrogens is 1. The van der Waals surface area contributed by atoms with Crippen molar-refractivity contribution in [2.24, 2.45) is 7.05 Å². The van der Waals surface area contributed by atoms with Crippen LogP contribution < -0.4 is 0 Å². The first-order valence-electron chi connectivity index (χ1n) is 6.51. The van der Waals surface area contributed by atoms with E-state index in [1.807, 2.05) is 0 Å². The zero-order valence-electron chi connectivity index (χ0n) is 11.0. The summed E-state index contributed by atoms with van der Waals surface area (Å²) in [6.07, 6.45) is 0. The number of thiophene rings is 2. The molecule has 0 atom stereocenters. The second kappa shape index (κ2) is 4.62. The third-order valence-corrected chi connectivity index (χ3v) is 5.39. The quantitative estimate of drug-likeness (QED) is 0.451. The molecule has 0 aliphatic carbocycles. The Morgan fingerprint density at radius 1 is 0.800 bits per heavy atom. The van der Waals surface area contributed by atoms with E-state index in [1.54, 1.807) is 22.7 Å². The SMILES string of the molecule is Cn1c(-c2cccs2)c(-c2cccs2)c2ccccc21. The number of nitrogens with zero attached hydrogens (tertiary/aromatic N) is 1. The molecule has 0 spiro atoms. The molecule has 1 aromatic carbocycles. The first-order valence-corrected chi connectivity index (χ1v) is 8.27. The molecule has 0 N–H and O–H groups in total. The maximum atomic E-state index is 2.32. The van der Waals surface area contributed by atoms with Crippen molar-refractivity contribution >= 4 is 33.6 Å². The number of rotatable bonds is 2. The van der Waals surface area contributed by atoms with Crippen LogP contribution in [0, 0.1) is 0 Å². The van der Waals surface area contributed by atoms with Gasteiger partial charge in [-0.2, -0.15) is 0 Å². The summed E-state index contributed by atoms with van der Waals surface area (Å²) in [6, 6.07) is 17.3. The van der Waals surface area contributed by atoms with E-state index < -0.39 is 0 Å². The van der Waals surface area contributed by atoms with Gasteiger partial charge in [0.05, 0.1) is 10.6 Å². The molecule has 0 saturated heterocycles. The normalized spacial score (nSPS) is 11.2. The Kier molecular flexibility index (Phi) is 2.76. The molecular weight excluding hydrogens is 282 g/mol. The molecule has 0 aliphatic heterocycles. The minimum Gasteiger partial charge on any atom is -0.342 e. The smallest absolute Gasteiger partial charge is 0.0678 e. The van der Waals surface area contributed by atoms with Gasteiger partial charge in [-0.25, -0.2) is 0 Å². The zero-order chi connectivity index (χ0) is 13.5. The summed E-state index contributed by atoms with van der Waals surface area (Å²) in [5.41, 5.74) is 3.98. The van der Waals surface area contributed by atoms with Gasteiger partial charge in [-0.1, -0.05) is 30.3 Å². The first-order chi connectivity index (χ1) is 9.86. The molecule has 0 aliphatic rings. The third kappa shape index (κ3) is 1.67. The lowest BCUT2D eigenvalue weighted by molar-refractivity contribution is 0.982. The summed E-state index contributed by atoms with van der Waals surface area (Å²) in [6.45, 7) is 0. The van der Waals surface area contributed by atoms with Gasteiger partial charge in [-0.3, -0.25) is 0 Å². The summed E-state index contributed by atoms with van der Waals surface area (Å²) in [5, 5.41) is 5.63. The van der Waals surface area contributed by atoms with E-state index in [-0.39, 0.29) is 0 Å². The molecule has 0 saturated carbocycles. The van der Waals surface area contributed by atoms with Gasteiger partial charge in [0.25, 0.3) is 0 Å². The lowest BCUT2D eigenvalue weighted by Crippen LogP contribution is -1.90. The molecule has 0 bridgehead atoms. The lowest BCUT2D eigenvalue weighted by Gasteiger charge is -2.04. The first kappa shape index (κ1) is 11.9. The largest absolute Gasteiger partial charge is 0.342 e. The number of benzene rings is 1. The molecule has 20 heavy (non-hydrogen) atoms. The van der Waals surface area contributed by atoms with E-state index in [4.69, 9.17) is 0 Å². The molecule has 0 amide bonds. The van der Waals surface area contributed by atoms with Crippen LogP contribution in [0.15, 0.2) is 59.3 Å². The molecule has 3 aromatic heterocycles. The highest BCUT2D eigenvalue weighted by Gasteiger charge is 2.18. The van der Waals surface area contributed by atoms with Gasteiger partial charge in [0.2, 0.25) is 0 Å². The number of hydrogen-bond donors (Lipinski definition) is 0. The second-order valence-electron chi connectivity index (χ2n) is 4.75. The van der Waals surface area contributed by atoms with Crippen LogP contribution in [0.25, 0.3) is 31.9 Å². The minimum atomic E-state index is 1.29. The molecule has 98 valence electrons. The van der Waals surface area contributed by atoms with Gasteiger partial charge in [0.1, 0.15) is 0 Å². The van der Waals surface area contributed by atoms with Crippen LogP contribution >= 0.6 is 22.7 Å². The molecular formula is C17H13NS2. The fourth-order valence-corrected chi connectivity index (χ4v) is 4.36. The second-order valence-corrected chi connectivity index (χ2v) is 6.65. The average Bonchev–Trinajstić information content (AvgIpc) is 3.18. The molecule has 0 fully saturated rings. The van der Waals surface area contributed by atoms with Crippen molar-refractivity contribution in [1.82, 2.24) is 4.57 Å². The Morgan fingerprint density at radius 2 is 1.50 bits per heavy atom. The van der Waals surface area contributed by atoms with Gasteiger partial charge in [-0.05, 0) is 29.0 Å². The van der Waals surface area contributed by atoms with Gasteiger partial charge in [-0.15, -0.1) is 22.7 Å². The van der Waals surface area contributed by atoms with Crippen LogP contribution in [-0.4, -0.2) is 4.57 Å². The Labute approximate surface area is 125 Å². The van der Waals surface area contributed by atoms with Crippen LogP contribution in [0.3, 0.4) is 0 Å². The predicted molar refractivity (Wildman–Crippen MR) is 89.5 cm³/mol. The summed E-state index contributed by atoms with van der Waals surface area (Å²) in [5.74, 6) is 0. The van der Waals surface area contributed by atoms with Gasteiger partial charge < -0.3 is 4.57 Å². The van der Waals surface area contributed by atoms with Crippen molar-refractivity contribution in [2.45, 2.75) is 0 Å². The Morgan fingerprint density at radius 3 is 2.20 bits per heavy atom. The topological polar surface area (TPSA) is 4.93 Å². The van der Waals surface area contributed by atoms with Gasteiger partial charge >= 0.3 is 0 Å². The number of fused-ring (bicyclic) bond motifs is 1. The van der Waals surface area contributed by atoms with Crippen LogP contribution in [0.5, 0.6) is 0 Å². The summed E-state index contributed by atoms with van der Waals surface area (Å²) in [4.78, 5) is 2.66. The Bertz CT molecular complexity index is 852. The highest BCUT2D eigenvalue weighted by atomic mass is 32.1. The van der Waals surface area contributed by atoms with Crippen molar-refractivity contribution in [3.05, 3.63) is 59.3 Å². The van der Waals surface area contributed by atoms with E-state index in [0.29, 0.717) is 0 Å². The summed E-state index contributed by atoms with van der Waals surface area (Å²) >= 11 is 3.61. The predicted octanol–water partition coefficient (Wildman–Crippen LogP) is 5.64. The molecule has 1 nitrogen and oxygen atoms in total. The monoisotopic (exact) mass is 295 g/mol. The molecule has 3 heterocycles. The van der Waals surface area contributed by atoms with Crippen molar-refractivity contribution in [3.8, 4) is 21.0 Å². The Balaban J connectivity index is 2.16. The Hall–Kier alpha value is -1.84. The zero-order valence-corrected chi connectivity index (χ0v) is 12.7. The van der Waals surface area contributed by atoms with E-state index in [0.717, 1.165) is 0 Å². The maximum Gasteiger partial charge on any atom is 0.0678 e. The van der Waals surface area contributed by atoms with E-state index in [2.05, 4.69) is 70.9 Å². The summed E-state index contributed by atoms with van der Waals surface area (Å²) < 4.78 is 2.32. The van der Waals surface area contributed by atoms with Crippen LogP contribution in [0.2, 0.25) is 0 Å². The third-order valence-electron chi connectivity index (χ3n) is 3.63. The van der Waals surface area contributed by atoms with E-state index in [1.165, 1.54) is 31.9 Å². The van der Waals surface area contributed by atoms with Crippen molar-refractivity contribution in [3.63, 3.8) is 0 Å². The molecule has 0 radical (unpaired) electrons. The fraction of sp³-hybridized carbons (Fsp3) is 0.0588. The molecule has 4 rings (SSSR count). The van der Waals surface area contributed by atoms with E-state index in [9.17, 15) is 0 Å². The minimum absolute atomic E-state index is 1.29. The van der Waals surface area contributed by atoms with Gasteiger partial charge in [0, 0.05) is 28.4 Å². The molecule has 4 aromatic rings. The molecule has 0 unspecified atom stereocenters. The van der Waals surface area contributed by atoms with Crippen molar-refractivity contribution < 1.29 is 0 Å².